The number of hydrogen-bond donors (Lipinski definition) is 3. The number of fused-ring (bicyclic) bond motifs is 1. The van der Waals surface area contributed by atoms with E-state index < -0.39 is 38.6 Å². The van der Waals surface area contributed by atoms with Gasteiger partial charge in [0.1, 0.15) is 11.7 Å². The summed E-state index contributed by atoms with van der Waals surface area (Å²) in [7, 11) is -2.79. The molecule has 1 saturated heterocycles. The molecule has 0 spiro atoms. The van der Waals surface area contributed by atoms with Crippen molar-refractivity contribution in [2.45, 2.75) is 37.6 Å². The van der Waals surface area contributed by atoms with Crippen LogP contribution in [0.25, 0.3) is 11.2 Å². The molecule has 1 aromatic carbocycles. The van der Waals surface area contributed by atoms with Crippen LogP contribution in [0.15, 0.2) is 36.7 Å². The second-order valence-corrected chi connectivity index (χ2v) is 8.32. The summed E-state index contributed by atoms with van der Waals surface area (Å²) in [6, 6.07) is 8.13. The number of alkyl halides is 1. The van der Waals surface area contributed by atoms with Gasteiger partial charge in [-0.15, -0.1) is 4.52 Å². The Morgan fingerprint density at radius 3 is 2.76 bits per heavy atom. The Kier molecular flexibility index (Phi) is 6.16. The zero-order chi connectivity index (χ0) is 23.8. The van der Waals surface area contributed by atoms with Gasteiger partial charge < -0.3 is 25.4 Å². The molecule has 2 aromatic heterocycles. The molecule has 1 unspecified atom stereocenters. The molecule has 5 atom stereocenters. The molecule has 1 fully saturated rings. The first-order valence-electron chi connectivity index (χ1n) is 9.89. The fourth-order valence-electron chi connectivity index (χ4n) is 3.44. The van der Waals surface area contributed by atoms with Crippen LogP contribution in [0, 0.1) is 0 Å². The van der Waals surface area contributed by atoms with Gasteiger partial charge in [-0.2, -0.15) is 9.97 Å². The van der Waals surface area contributed by atoms with Crippen molar-refractivity contribution < 1.29 is 37.7 Å². The number of aromatic nitrogens is 4. The lowest BCUT2D eigenvalue weighted by atomic mass is 9.95. The van der Waals surface area contributed by atoms with Crippen molar-refractivity contribution in [3.8, 4) is 11.6 Å². The van der Waals surface area contributed by atoms with E-state index in [-0.39, 0.29) is 35.3 Å². The number of nitrogen functional groups attached to an aromatic ring is 1. The van der Waals surface area contributed by atoms with Crippen LogP contribution in [0.5, 0.6) is 11.6 Å². The highest BCUT2D eigenvalue weighted by atomic mass is 31.1. The number of hydrogen-bond acceptors (Lipinski definition) is 11. The Morgan fingerprint density at radius 1 is 1.33 bits per heavy atom. The molecule has 0 saturated carbocycles. The fourth-order valence-corrected chi connectivity index (χ4v) is 4.07. The van der Waals surface area contributed by atoms with E-state index in [0.29, 0.717) is 0 Å². The standard InChI is InChI=1S/C19H22FN5O7P/c1-3-29-14-12-13(23-17(21)24-14)25(10-22-12)16-18(2,27)15(26)19(20,31-16)9-30-33(28)32-11-7-5-4-6-8-11/h4-8,10,15-16,26-27H,3,9H2,1-2H3,(H2,21,23,24)/q+1/t15-,16+,18+,19+/m0/s1. The summed E-state index contributed by atoms with van der Waals surface area (Å²) in [6.07, 6.45) is -2.36. The van der Waals surface area contributed by atoms with Crippen LogP contribution in [0.4, 0.5) is 10.3 Å². The van der Waals surface area contributed by atoms with Gasteiger partial charge in [0, 0.05) is 4.57 Å². The first-order valence-corrected chi connectivity index (χ1v) is 11.0. The van der Waals surface area contributed by atoms with Crippen LogP contribution in [0.1, 0.15) is 20.1 Å². The molecule has 0 radical (unpaired) electrons. The number of nitrogens with zero attached hydrogens (tertiary/aromatic N) is 4. The van der Waals surface area contributed by atoms with Gasteiger partial charge >= 0.3 is 8.25 Å². The van der Waals surface area contributed by atoms with Gasteiger partial charge in [0.15, 0.2) is 29.7 Å². The van der Waals surface area contributed by atoms with Gasteiger partial charge in [0.05, 0.1) is 12.9 Å². The van der Waals surface area contributed by atoms with E-state index in [1.54, 1.807) is 25.1 Å². The Hall–Kier alpha value is -2.96. The monoisotopic (exact) mass is 482 g/mol. The number of aliphatic hydroxyl groups excluding tert-OH is 1. The summed E-state index contributed by atoms with van der Waals surface area (Å²) in [5.41, 5.74) is 3.86. The number of para-hydroxylation sites is 1. The predicted molar refractivity (Wildman–Crippen MR) is 112 cm³/mol. The summed E-state index contributed by atoms with van der Waals surface area (Å²) < 4.78 is 49.6. The van der Waals surface area contributed by atoms with Crippen LogP contribution in [0.3, 0.4) is 0 Å². The van der Waals surface area contributed by atoms with Crippen molar-refractivity contribution in [3.05, 3.63) is 36.7 Å². The Labute approximate surface area is 188 Å². The third-order valence-corrected chi connectivity index (χ3v) is 5.70. The second kappa shape index (κ2) is 8.76. The van der Waals surface area contributed by atoms with Crippen LogP contribution in [-0.2, 0) is 13.8 Å². The molecule has 14 heteroatoms. The minimum Gasteiger partial charge on any atom is -0.476 e. The number of anilines is 1. The third-order valence-electron chi connectivity index (χ3n) is 5.00. The summed E-state index contributed by atoms with van der Waals surface area (Å²) in [6.45, 7) is 2.20. The highest BCUT2D eigenvalue weighted by Gasteiger charge is 2.64. The second-order valence-electron chi connectivity index (χ2n) is 7.43. The maximum Gasteiger partial charge on any atom is 0.750 e. The lowest BCUT2D eigenvalue weighted by Gasteiger charge is -2.27. The van der Waals surface area contributed by atoms with Gasteiger partial charge in [-0.05, 0) is 26.0 Å². The van der Waals surface area contributed by atoms with Gasteiger partial charge in [0.25, 0.3) is 5.85 Å². The van der Waals surface area contributed by atoms with Gasteiger partial charge in [0.2, 0.25) is 11.8 Å². The molecule has 3 heterocycles. The Bertz CT molecular complexity index is 1160. The minimum atomic E-state index is -2.93. The van der Waals surface area contributed by atoms with Crippen molar-refractivity contribution in [1.82, 2.24) is 19.5 Å². The lowest BCUT2D eigenvalue weighted by molar-refractivity contribution is -0.202. The number of benzene rings is 1. The topological polar surface area (TPSA) is 164 Å². The van der Waals surface area contributed by atoms with Gasteiger partial charge in [-0.25, -0.2) is 13.9 Å². The van der Waals surface area contributed by atoms with E-state index in [1.807, 2.05) is 0 Å². The summed E-state index contributed by atoms with van der Waals surface area (Å²) in [5, 5.41) is 21.4. The SMILES string of the molecule is CCOc1nc(N)nc2c1ncn2[C@@H]1O[C@](F)(CO[P+](=O)Oc2ccccc2)[C@@H](O)[C@@]1(C)O. The predicted octanol–water partition coefficient (Wildman–Crippen LogP) is 1.87. The normalized spacial score (nSPS) is 27.6. The number of rotatable bonds is 8. The molecule has 0 aliphatic carbocycles. The highest BCUT2D eigenvalue weighted by Crippen LogP contribution is 2.47. The van der Waals surface area contributed by atoms with E-state index >= 15 is 4.39 Å². The third kappa shape index (κ3) is 4.33. The molecule has 176 valence electrons. The quantitative estimate of drug-likeness (QED) is 0.401. The first-order chi connectivity index (χ1) is 15.7. The summed E-state index contributed by atoms with van der Waals surface area (Å²) >= 11 is 0. The minimum absolute atomic E-state index is 0.0899. The molecule has 0 bridgehead atoms. The summed E-state index contributed by atoms with van der Waals surface area (Å²) in [5.74, 6) is -2.73. The van der Waals surface area contributed by atoms with E-state index in [2.05, 4.69) is 15.0 Å². The Morgan fingerprint density at radius 2 is 2.06 bits per heavy atom. The van der Waals surface area contributed by atoms with Crippen molar-refractivity contribution in [2.75, 3.05) is 18.9 Å². The highest BCUT2D eigenvalue weighted by molar-refractivity contribution is 7.33. The van der Waals surface area contributed by atoms with E-state index in [9.17, 15) is 14.8 Å². The molecule has 33 heavy (non-hydrogen) atoms. The van der Waals surface area contributed by atoms with Crippen LogP contribution in [-0.4, -0.2) is 60.5 Å². The molecule has 12 nitrogen and oxygen atoms in total. The van der Waals surface area contributed by atoms with Crippen molar-refractivity contribution in [1.29, 1.82) is 0 Å². The molecule has 0 amide bonds. The average molecular weight is 482 g/mol. The maximum absolute atomic E-state index is 15.6. The van der Waals surface area contributed by atoms with Crippen molar-refractivity contribution in [2.24, 2.45) is 0 Å². The zero-order valence-corrected chi connectivity index (χ0v) is 18.6. The average Bonchev–Trinajstić information content (AvgIpc) is 3.26. The van der Waals surface area contributed by atoms with E-state index in [4.69, 9.17) is 24.3 Å². The van der Waals surface area contributed by atoms with Crippen LogP contribution < -0.4 is 15.0 Å². The van der Waals surface area contributed by atoms with E-state index in [1.165, 1.54) is 30.0 Å². The molecule has 1 aliphatic heterocycles. The molecule has 4 rings (SSSR count). The zero-order valence-electron chi connectivity index (χ0n) is 17.7. The number of nitrogens with two attached hydrogens (primary N) is 1. The smallest absolute Gasteiger partial charge is 0.476 e. The largest absolute Gasteiger partial charge is 0.750 e. The fraction of sp³-hybridized carbons (Fsp3) is 0.421. The summed E-state index contributed by atoms with van der Waals surface area (Å²) in [4.78, 5) is 12.2. The first kappa shape index (κ1) is 23.2. The number of imidazole rings is 1. The molecule has 3 aromatic rings. The lowest BCUT2D eigenvalue weighted by Crippen LogP contribution is -2.49. The molecular formula is C19H22FN5O7P+. The van der Waals surface area contributed by atoms with Crippen molar-refractivity contribution in [3.63, 3.8) is 0 Å². The molecule has 1 aliphatic rings. The van der Waals surface area contributed by atoms with Crippen LogP contribution >= 0.6 is 8.25 Å². The number of aliphatic hydroxyl groups is 2. The molecular weight excluding hydrogens is 460 g/mol. The number of halogens is 1. The molecule has 4 N–H and O–H groups in total. The number of ether oxygens (including phenoxy) is 2. The van der Waals surface area contributed by atoms with Gasteiger partial charge in [-0.3, -0.25) is 4.57 Å². The van der Waals surface area contributed by atoms with E-state index in [0.717, 1.165) is 0 Å². The van der Waals surface area contributed by atoms with Crippen LogP contribution in [0.2, 0.25) is 0 Å². The Balaban J connectivity index is 1.57. The van der Waals surface area contributed by atoms with Crippen molar-refractivity contribution >= 4 is 25.4 Å². The van der Waals surface area contributed by atoms with Gasteiger partial charge in [-0.1, -0.05) is 18.2 Å². The maximum atomic E-state index is 15.6.